The van der Waals surface area contributed by atoms with E-state index in [2.05, 4.69) is 90.9 Å². The van der Waals surface area contributed by atoms with Crippen molar-refractivity contribution in [3.63, 3.8) is 0 Å². The first-order chi connectivity index (χ1) is 21.7. The summed E-state index contributed by atoms with van der Waals surface area (Å²) in [6.07, 6.45) is 0. The van der Waals surface area contributed by atoms with Crippen LogP contribution in [0.25, 0.3) is 61.2 Å². The first-order valence-corrected chi connectivity index (χ1v) is 18.9. The van der Waals surface area contributed by atoms with Crippen molar-refractivity contribution in [1.82, 2.24) is 9.55 Å². The summed E-state index contributed by atoms with van der Waals surface area (Å²) >= 11 is 0. The first kappa shape index (κ1) is 26.0. The molecule has 0 radical (unpaired) electrons. The van der Waals surface area contributed by atoms with Crippen LogP contribution in [-0.4, -0.2) is 17.6 Å². The van der Waals surface area contributed by atoms with Gasteiger partial charge in [-0.25, -0.2) is 4.98 Å². The summed E-state index contributed by atoms with van der Waals surface area (Å²) in [5, 5.41) is 3.50. The van der Waals surface area contributed by atoms with Crippen LogP contribution in [0, 0.1) is 0 Å². The lowest BCUT2D eigenvalue weighted by Crippen LogP contribution is -2.37. The number of imidazole rings is 1. The molecule has 0 aliphatic carbocycles. The van der Waals surface area contributed by atoms with Crippen LogP contribution in [0.1, 0.15) is 53.4 Å². The molecule has 4 heteroatoms. The van der Waals surface area contributed by atoms with Gasteiger partial charge in [0.25, 0.3) is 0 Å². The zero-order chi connectivity index (χ0) is 32.6. The number of rotatable bonds is 6. The third kappa shape index (κ3) is 4.69. The van der Waals surface area contributed by atoms with Gasteiger partial charge in [-0.3, -0.25) is 4.57 Å². The molecule has 5 aromatic carbocycles. The molecule has 0 unspecified atom stereocenters. The summed E-state index contributed by atoms with van der Waals surface area (Å²) in [5.41, 5.74) is 8.90. The van der Waals surface area contributed by atoms with Gasteiger partial charge in [-0.15, -0.1) is 0 Å². The lowest BCUT2D eigenvalue weighted by atomic mass is 9.88. The Bertz CT molecular complexity index is 2230. The number of fused-ring (bicyclic) bond motifs is 4. The van der Waals surface area contributed by atoms with Crippen molar-refractivity contribution < 1.29 is 7.16 Å². The summed E-state index contributed by atoms with van der Waals surface area (Å²) in [7, 11) is -1.54. The Kier molecular flexibility index (Phi) is 6.29. The van der Waals surface area contributed by atoms with Gasteiger partial charge in [0.2, 0.25) is 0 Å². The predicted octanol–water partition coefficient (Wildman–Crippen LogP) is 11.1. The van der Waals surface area contributed by atoms with E-state index in [4.69, 9.17) is 9.40 Å². The molecule has 0 amide bonds. The molecule has 0 saturated heterocycles. The molecule has 220 valence electrons. The molecule has 7 aromatic rings. The summed E-state index contributed by atoms with van der Waals surface area (Å²) in [6.45, 7) is 14.8. The van der Waals surface area contributed by atoms with Gasteiger partial charge in [0.1, 0.15) is 17.0 Å². The monoisotopic (exact) mass is 594 g/mol. The smallest absolute Gasteiger partial charge is 0.149 e. The topological polar surface area (TPSA) is 31.0 Å². The van der Waals surface area contributed by atoms with Gasteiger partial charge in [-0.2, -0.15) is 0 Å². The van der Waals surface area contributed by atoms with Crippen molar-refractivity contribution in [2.45, 2.75) is 59.1 Å². The molecule has 2 heterocycles. The second-order valence-corrected chi connectivity index (χ2v) is 18.4. The van der Waals surface area contributed by atoms with Crippen molar-refractivity contribution in [3.8, 4) is 28.2 Å². The number of hydrogen-bond acceptors (Lipinski definition) is 2. The van der Waals surface area contributed by atoms with Gasteiger partial charge in [-0.1, -0.05) is 119 Å². The average molecular weight is 595 g/mol. The van der Waals surface area contributed by atoms with Crippen molar-refractivity contribution in [2.75, 3.05) is 0 Å². The van der Waals surface area contributed by atoms with Crippen molar-refractivity contribution in [1.29, 1.82) is 0 Å². The lowest BCUT2D eigenvalue weighted by molar-refractivity contribution is 0.669. The maximum Gasteiger partial charge on any atom is 0.149 e. The maximum absolute atomic E-state index is 9.42. The number of aromatic nitrogens is 2. The third-order valence-electron chi connectivity index (χ3n) is 8.68. The van der Waals surface area contributed by atoms with Crippen molar-refractivity contribution >= 4 is 46.2 Å². The van der Waals surface area contributed by atoms with E-state index in [1.807, 2.05) is 64.1 Å². The van der Waals surface area contributed by atoms with Crippen LogP contribution in [0.4, 0.5) is 0 Å². The minimum Gasteiger partial charge on any atom is -0.455 e. The van der Waals surface area contributed by atoms with Crippen molar-refractivity contribution in [3.05, 3.63) is 114 Å². The van der Waals surface area contributed by atoms with Gasteiger partial charge in [0.15, 0.2) is 0 Å². The molecule has 0 atom stereocenters. The van der Waals surface area contributed by atoms with Gasteiger partial charge in [0, 0.05) is 13.5 Å². The Morgan fingerprint density at radius 3 is 2.07 bits per heavy atom. The highest BCUT2D eigenvalue weighted by Crippen LogP contribution is 2.42. The normalized spacial score (nSPS) is 13.5. The molecule has 7 rings (SSSR count). The molecule has 0 saturated carbocycles. The fourth-order valence-electron chi connectivity index (χ4n) is 6.31. The van der Waals surface area contributed by atoms with E-state index in [0.717, 1.165) is 72.3 Å². The molecule has 44 heavy (non-hydrogen) atoms. The van der Waals surface area contributed by atoms with E-state index < -0.39 is 19.9 Å². The van der Waals surface area contributed by atoms with Crippen LogP contribution in [0.2, 0.25) is 19.6 Å². The van der Waals surface area contributed by atoms with E-state index in [1.165, 1.54) is 5.19 Å². The molecule has 0 bridgehead atoms. The Morgan fingerprint density at radius 1 is 0.705 bits per heavy atom. The quantitative estimate of drug-likeness (QED) is 0.179. The number of para-hydroxylation sites is 3. The van der Waals surface area contributed by atoms with Crippen LogP contribution < -0.4 is 5.19 Å². The number of furan rings is 1. The summed E-state index contributed by atoms with van der Waals surface area (Å²) in [4.78, 5) is 5.25. The second kappa shape index (κ2) is 10.6. The zero-order valence-electron chi connectivity index (χ0n) is 28.6. The molecule has 0 fully saturated rings. The number of benzene rings is 5. The summed E-state index contributed by atoms with van der Waals surface area (Å²) < 4.78 is 27.8. The Hall–Kier alpha value is -4.41. The van der Waals surface area contributed by atoms with Crippen LogP contribution in [0.15, 0.2) is 108 Å². The minimum absolute atomic E-state index is 0.736. The first-order valence-electron chi connectivity index (χ1n) is 16.4. The molecule has 0 spiro atoms. The molecule has 0 N–H and O–H groups in total. The van der Waals surface area contributed by atoms with E-state index in [0.29, 0.717) is 0 Å². The molecule has 0 aliphatic heterocycles. The zero-order valence-corrected chi connectivity index (χ0v) is 27.6. The molecular formula is C40H40N2OSi. The minimum atomic E-state index is -1.54. The summed E-state index contributed by atoms with van der Waals surface area (Å²) in [6, 6.07) is 35.6. The van der Waals surface area contributed by atoms with Gasteiger partial charge in [0.05, 0.1) is 30.4 Å². The Labute approximate surface area is 264 Å². The standard InChI is InChI=1S/C40H40N2OSi/c1-25(2)33-22-28(27-14-9-8-10-15-27)23-34(26(3)4)38(33)42-36-19-12-11-18-35(36)41-40(42)32-17-13-16-31-30-21-20-29(44(5,6)7)24-37(30)43-39(31)32/h8-26H,1-7H3/i25D,26D. The van der Waals surface area contributed by atoms with Crippen molar-refractivity contribution in [2.24, 2.45) is 0 Å². The molecular weight excluding hydrogens is 553 g/mol. The second-order valence-electron chi connectivity index (χ2n) is 13.3. The van der Waals surface area contributed by atoms with E-state index in [9.17, 15) is 2.74 Å². The van der Waals surface area contributed by atoms with Gasteiger partial charge < -0.3 is 4.42 Å². The maximum atomic E-state index is 9.42. The van der Waals surface area contributed by atoms with Gasteiger partial charge in [-0.05, 0) is 70.4 Å². The molecule has 0 aliphatic rings. The average Bonchev–Trinajstić information content (AvgIpc) is 3.58. The largest absolute Gasteiger partial charge is 0.455 e. The lowest BCUT2D eigenvalue weighted by Gasteiger charge is -2.24. The third-order valence-corrected chi connectivity index (χ3v) is 10.7. The highest BCUT2D eigenvalue weighted by Gasteiger charge is 2.26. The van der Waals surface area contributed by atoms with Gasteiger partial charge >= 0.3 is 0 Å². The van der Waals surface area contributed by atoms with E-state index in [1.54, 1.807) is 0 Å². The predicted molar refractivity (Wildman–Crippen MR) is 190 cm³/mol. The highest BCUT2D eigenvalue weighted by atomic mass is 28.3. The number of hydrogen-bond donors (Lipinski definition) is 0. The van der Waals surface area contributed by atoms with Crippen LogP contribution >= 0.6 is 0 Å². The molecule has 2 aromatic heterocycles. The highest BCUT2D eigenvalue weighted by molar-refractivity contribution is 6.88. The Balaban J connectivity index is 1.60. The summed E-state index contributed by atoms with van der Waals surface area (Å²) in [5.74, 6) is -1.21. The van der Waals surface area contributed by atoms with E-state index in [-0.39, 0.29) is 0 Å². The van der Waals surface area contributed by atoms with E-state index >= 15 is 0 Å². The SMILES string of the molecule is [2H]C(C)(C)c1cc(-c2ccccc2)cc(C([2H])(C)C)c1-n1c(-c2cccc3c2oc2cc([Si](C)(C)C)ccc23)nc2ccccc21. The Morgan fingerprint density at radius 2 is 1.39 bits per heavy atom. The fraction of sp³-hybridized carbons (Fsp3) is 0.225. The van der Waals surface area contributed by atoms with Crippen LogP contribution in [-0.2, 0) is 0 Å². The van der Waals surface area contributed by atoms with Crippen LogP contribution in [0.3, 0.4) is 0 Å². The molecule has 3 nitrogen and oxygen atoms in total. The number of nitrogens with zero attached hydrogens (tertiary/aromatic N) is 2. The fourth-order valence-corrected chi connectivity index (χ4v) is 7.46. The van der Waals surface area contributed by atoms with Crippen LogP contribution in [0.5, 0.6) is 0 Å².